The molecule has 0 spiro atoms. The minimum Gasteiger partial charge on any atom is -0.481 e. The number of nitrogens with one attached hydrogen (secondary N) is 2. The van der Waals surface area contributed by atoms with Crippen molar-refractivity contribution in [2.24, 2.45) is 0 Å². The Morgan fingerprint density at radius 2 is 1.71 bits per heavy atom. The molecule has 2 aromatic carbocycles. The van der Waals surface area contributed by atoms with Gasteiger partial charge in [-0.05, 0) is 52.3 Å². The number of rotatable bonds is 9. The van der Waals surface area contributed by atoms with Gasteiger partial charge in [-0.2, -0.15) is 0 Å². The van der Waals surface area contributed by atoms with Gasteiger partial charge in [-0.3, -0.25) is 14.9 Å². The minimum atomic E-state index is -0.895. The fourth-order valence-electron chi connectivity index (χ4n) is 4.07. The number of hydrogen-bond acceptors (Lipinski definition) is 7. The van der Waals surface area contributed by atoms with Crippen molar-refractivity contribution in [3.63, 3.8) is 0 Å². The zero-order valence-corrected chi connectivity index (χ0v) is 18.5. The number of aromatic nitrogens is 2. The monoisotopic (exact) mass is 464 g/mol. The molecule has 2 amide bonds. The standard InChI is InChI=1S/C24H24N4O6/c1-14(7-6-12-20(29)30)25-23(31)21-22(28-34-27-21)26-24(32)33-13-19-17-10-4-2-8-15(17)16-9-3-5-11-18(16)19/h2-5,8-11,14,19H,6-7,12-13H2,1H3,(H,25,31)(H,29,30)(H,26,28,32). The summed E-state index contributed by atoms with van der Waals surface area (Å²) in [7, 11) is 0. The molecule has 4 rings (SSSR count). The smallest absolute Gasteiger partial charge is 0.412 e. The molecule has 0 bridgehead atoms. The Bertz CT molecular complexity index is 1160. The van der Waals surface area contributed by atoms with E-state index in [9.17, 15) is 14.4 Å². The Morgan fingerprint density at radius 3 is 2.35 bits per heavy atom. The first-order valence-corrected chi connectivity index (χ1v) is 10.9. The summed E-state index contributed by atoms with van der Waals surface area (Å²) < 4.78 is 10.1. The minimum absolute atomic E-state index is 0.0142. The third-order valence-corrected chi connectivity index (χ3v) is 5.67. The van der Waals surface area contributed by atoms with Gasteiger partial charge in [0.2, 0.25) is 11.5 Å². The maximum absolute atomic E-state index is 12.5. The number of nitrogens with zero attached hydrogens (tertiary/aromatic N) is 2. The average Bonchev–Trinajstić information content (AvgIpc) is 3.40. The number of fused-ring (bicyclic) bond motifs is 3. The lowest BCUT2D eigenvalue weighted by Gasteiger charge is -2.14. The summed E-state index contributed by atoms with van der Waals surface area (Å²) in [5.74, 6) is -1.76. The van der Waals surface area contributed by atoms with Gasteiger partial charge < -0.3 is 15.2 Å². The second-order valence-electron chi connectivity index (χ2n) is 8.07. The Kier molecular flexibility index (Phi) is 6.86. The van der Waals surface area contributed by atoms with Crippen LogP contribution in [0.5, 0.6) is 0 Å². The third kappa shape index (κ3) is 5.06. The largest absolute Gasteiger partial charge is 0.481 e. The fraction of sp³-hybridized carbons (Fsp3) is 0.292. The van der Waals surface area contributed by atoms with Crippen molar-refractivity contribution < 1.29 is 28.9 Å². The number of carbonyl (C=O) groups excluding carboxylic acids is 2. The van der Waals surface area contributed by atoms with Crippen molar-refractivity contribution in [1.82, 2.24) is 15.6 Å². The first-order chi connectivity index (χ1) is 16.4. The predicted molar refractivity (Wildman–Crippen MR) is 121 cm³/mol. The van der Waals surface area contributed by atoms with Gasteiger partial charge in [0, 0.05) is 18.4 Å². The third-order valence-electron chi connectivity index (χ3n) is 5.67. The topological polar surface area (TPSA) is 144 Å². The molecule has 0 saturated carbocycles. The number of amides is 2. The Labute approximate surface area is 195 Å². The van der Waals surface area contributed by atoms with Gasteiger partial charge in [-0.25, -0.2) is 9.42 Å². The zero-order valence-electron chi connectivity index (χ0n) is 18.5. The first kappa shape index (κ1) is 23.0. The first-order valence-electron chi connectivity index (χ1n) is 10.9. The molecule has 1 aromatic heterocycles. The molecule has 1 heterocycles. The van der Waals surface area contributed by atoms with E-state index in [1.807, 2.05) is 48.5 Å². The number of carbonyl (C=O) groups is 3. The molecule has 1 aliphatic rings. The van der Waals surface area contributed by atoms with E-state index in [1.54, 1.807) is 6.92 Å². The quantitative estimate of drug-likeness (QED) is 0.434. The van der Waals surface area contributed by atoms with E-state index >= 15 is 0 Å². The van der Waals surface area contributed by atoms with Gasteiger partial charge in [0.25, 0.3) is 5.91 Å². The van der Waals surface area contributed by atoms with Crippen molar-refractivity contribution in [1.29, 1.82) is 0 Å². The molecule has 1 aliphatic carbocycles. The predicted octanol–water partition coefficient (Wildman–Crippen LogP) is 3.80. The highest BCUT2D eigenvalue weighted by Crippen LogP contribution is 2.44. The number of anilines is 1. The average molecular weight is 464 g/mol. The SMILES string of the molecule is CC(CCCC(=O)O)NC(=O)c1nonc1NC(=O)OCC1c2ccccc2-c2ccccc21. The van der Waals surface area contributed by atoms with E-state index in [0.717, 1.165) is 22.3 Å². The van der Waals surface area contributed by atoms with Crippen LogP contribution in [0.1, 0.15) is 53.7 Å². The van der Waals surface area contributed by atoms with Crippen molar-refractivity contribution in [2.75, 3.05) is 11.9 Å². The number of aliphatic carboxylic acids is 1. The molecule has 34 heavy (non-hydrogen) atoms. The Hall–Kier alpha value is -4.21. The zero-order chi connectivity index (χ0) is 24.1. The van der Waals surface area contributed by atoms with E-state index < -0.39 is 18.0 Å². The lowest BCUT2D eigenvalue weighted by molar-refractivity contribution is -0.137. The van der Waals surface area contributed by atoms with Crippen LogP contribution >= 0.6 is 0 Å². The second-order valence-corrected chi connectivity index (χ2v) is 8.07. The number of carboxylic acid groups (broad SMARTS) is 1. The molecule has 0 radical (unpaired) electrons. The molecule has 10 nitrogen and oxygen atoms in total. The van der Waals surface area contributed by atoms with Crippen molar-refractivity contribution in [2.45, 2.75) is 38.1 Å². The highest BCUT2D eigenvalue weighted by atomic mass is 16.6. The number of hydrogen-bond donors (Lipinski definition) is 3. The summed E-state index contributed by atoms with van der Waals surface area (Å²) in [6.45, 7) is 1.85. The summed E-state index contributed by atoms with van der Waals surface area (Å²) in [4.78, 5) is 35.6. The van der Waals surface area contributed by atoms with E-state index in [1.165, 1.54) is 0 Å². The summed E-state index contributed by atoms with van der Waals surface area (Å²) >= 11 is 0. The lowest BCUT2D eigenvalue weighted by atomic mass is 9.98. The van der Waals surface area contributed by atoms with Crippen molar-refractivity contribution in [3.8, 4) is 11.1 Å². The van der Waals surface area contributed by atoms with Crippen LogP contribution in [-0.2, 0) is 9.53 Å². The maximum atomic E-state index is 12.5. The van der Waals surface area contributed by atoms with Crippen LogP contribution in [0.2, 0.25) is 0 Å². The van der Waals surface area contributed by atoms with Gasteiger partial charge in [-0.15, -0.1) is 0 Å². The van der Waals surface area contributed by atoms with Gasteiger partial charge in [-0.1, -0.05) is 48.5 Å². The maximum Gasteiger partial charge on any atom is 0.412 e. The van der Waals surface area contributed by atoms with E-state index in [2.05, 4.69) is 25.6 Å². The van der Waals surface area contributed by atoms with E-state index in [4.69, 9.17) is 9.84 Å². The second kappa shape index (κ2) is 10.2. The molecule has 0 aliphatic heterocycles. The number of ether oxygens (including phenoxy) is 1. The Morgan fingerprint density at radius 1 is 1.06 bits per heavy atom. The molecule has 10 heteroatoms. The summed E-state index contributed by atoms with van der Waals surface area (Å²) in [5, 5.41) is 21.0. The summed E-state index contributed by atoms with van der Waals surface area (Å²) in [5.41, 5.74) is 4.19. The van der Waals surface area contributed by atoms with Crippen LogP contribution in [0.15, 0.2) is 53.2 Å². The van der Waals surface area contributed by atoms with Crippen LogP contribution in [-0.4, -0.2) is 46.0 Å². The summed E-state index contributed by atoms with van der Waals surface area (Å²) in [6.07, 6.45) is 0.110. The van der Waals surface area contributed by atoms with E-state index in [-0.39, 0.29) is 36.5 Å². The van der Waals surface area contributed by atoms with Crippen molar-refractivity contribution >= 4 is 23.8 Å². The molecule has 3 N–H and O–H groups in total. The van der Waals surface area contributed by atoms with Crippen LogP contribution in [0, 0.1) is 0 Å². The normalized spacial score (nSPS) is 13.0. The highest BCUT2D eigenvalue weighted by Gasteiger charge is 2.29. The van der Waals surface area contributed by atoms with Gasteiger partial charge in [0.05, 0.1) is 0 Å². The number of carboxylic acids is 1. The molecule has 1 atom stereocenters. The molecule has 176 valence electrons. The van der Waals surface area contributed by atoms with Crippen LogP contribution < -0.4 is 10.6 Å². The van der Waals surface area contributed by atoms with Crippen LogP contribution in [0.25, 0.3) is 11.1 Å². The van der Waals surface area contributed by atoms with Gasteiger partial charge in [0.1, 0.15) is 6.61 Å². The van der Waals surface area contributed by atoms with E-state index in [0.29, 0.717) is 12.8 Å². The van der Waals surface area contributed by atoms with Gasteiger partial charge >= 0.3 is 12.1 Å². The summed E-state index contributed by atoms with van der Waals surface area (Å²) in [6, 6.07) is 15.7. The molecular weight excluding hydrogens is 440 g/mol. The fourth-order valence-corrected chi connectivity index (χ4v) is 4.07. The lowest BCUT2D eigenvalue weighted by Crippen LogP contribution is -2.33. The van der Waals surface area contributed by atoms with Gasteiger partial charge in [0.15, 0.2) is 0 Å². The van der Waals surface area contributed by atoms with Crippen LogP contribution in [0.3, 0.4) is 0 Å². The molecule has 0 fully saturated rings. The molecule has 1 unspecified atom stereocenters. The van der Waals surface area contributed by atoms with Crippen LogP contribution in [0.4, 0.5) is 10.6 Å². The molecule has 0 saturated heterocycles. The Balaban J connectivity index is 1.35. The van der Waals surface area contributed by atoms with Crippen molar-refractivity contribution in [3.05, 3.63) is 65.4 Å². The molecule has 3 aromatic rings. The highest BCUT2D eigenvalue weighted by molar-refractivity contribution is 5.99. The number of benzene rings is 2. The molecular formula is C24H24N4O6.